The molecule has 0 saturated carbocycles. The fourth-order valence-electron chi connectivity index (χ4n) is 3.52. The smallest absolute Gasteiger partial charge is 0.227 e. The maximum atomic E-state index is 13.0. The first kappa shape index (κ1) is 19.8. The molecule has 1 aromatic carbocycles. The van der Waals surface area contributed by atoms with Gasteiger partial charge in [-0.25, -0.2) is 4.98 Å². The van der Waals surface area contributed by atoms with Gasteiger partial charge in [0, 0.05) is 32.3 Å². The predicted octanol–water partition coefficient (Wildman–Crippen LogP) is 2.91. The van der Waals surface area contributed by atoms with E-state index >= 15 is 0 Å². The van der Waals surface area contributed by atoms with E-state index in [1.807, 2.05) is 29.2 Å². The summed E-state index contributed by atoms with van der Waals surface area (Å²) in [6.45, 7) is 4.43. The van der Waals surface area contributed by atoms with Crippen molar-refractivity contribution in [2.75, 3.05) is 50.8 Å². The molecule has 0 radical (unpaired) electrons. The van der Waals surface area contributed by atoms with Gasteiger partial charge in [0.05, 0.1) is 27.0 Å². The molecule has 150 valence electrons. The molecule has 1 amide bonds. The Kier molecular flexibility index (Phi) is 6.23. The van der Waals surface area contributed by atoms with Gasteiger partial charge in [-0.2, -0.15) is 0 Å². The van der Waals surface area contributed by atoms with Gasteiger partial charge in [0.2, 0.25) is 11.7 Å². The van der Waals surface area contributed by atoms with Crippen molar-refractivity contribution in [2.24, 2.45) is 0 Å². The van der Waals surface area contributed by atoms with Crippen LogP contribution in [0.4, 0.5) is 11.5 Å². The molecule has 0 saturated heterocycles. The third-order valence-corrected chi connectivity index (χ3v) is 4.98. The van der Waals surface area contributed by atoms with Crippen molar-refractivity contribution >= 4 is 17.4 Å². The number of methoxy groups -OCH3 is 3. The van der Waals surface area contributed by atoms with Gasteiger partial charge in [-0.05, 0) is 43.2 Å². The quantitative estimate of drug-likeness (QED) is 0.730. The summed E-state index contributed by atoms with van der Waals surface area (Å²) < 4.78 is 16.2. The van der Waals surface area contributed by atoms with Crippen molar-refractivity contribution in [3.63, 3.8) is 0 Å². The number of aromatic nitrogens is 1. The predicted molar refractivity (Wildman–Crippen MR) is 109 cm³/mol. The number of benzene rings is 1. The second kappa shape index (κ2) is 8.82. The third kappa shape index (κ3) is 3.83. The largest absolute Gasteiger partial charge is 0.493 e. The molecule has 0 atom stereocenters. The highest BCUT2D eigenvalue weighted by molar-refractivity contribution is 5.97. The van der Waals surface area contributed by atoms with Gasteiger partial charge >= 0.3 is 0 Å². The van der Waals surface area contributed by atoms with Crippen LogP contribution < -0.4 is 24.0 Å². The van der Waals surface area contributed by atoms with Crippen LogP contribution in [0.1, 0.15) is 18.9 Å². The average molecular weight is 385 g/mol. The lowest BCUT2D eigenvalue weighted by molar-refractivity contribution is -0.118. The number of carbonyl (C=O) groups excluding carboxylic acids is 1. The van der Waals surface area contributed by atoms with E-state index in [4.69, 9.17) is 14.2 Å². The standard InChI is InChI=1S/C21H27N3O4/c1-5-23-11-12-24(16-7-6-10-22-21(16)23)19(25)9-8-15-13-17(26-2)20(28-4)18(14-15)27-3/h6-7,10,13-14H,5,8-9,11-12H2,1-4H3. The molecule has 7 heteroatoms. The summed E-state index contributed by atoms with van der Waals surface area (Å²) in [7, 11) is 4.75. The lowest BCUT2D eigenvalue weighted by atomic mass is 10.1. The number of carbonyl (C=O) groups is 1. The number of aryl methyl sites for hydroxylation is 1. The number of ether oxygens (including phenoxy) is 3. The van der Waals surface area contributed by atoms with Crippen LogP contribution in [0.2, 0.25) is 0 Å². The minimum absolute atomic E-state index is 0.0822. The van der Waals surface area contributed by atoms with E-state index in [0.29, 0.717) is 36.6 Å². The van der Waals surface area contributed by atoms with Crippen LogP contribution in [0.3, 0.4) is 0 Å². The summed E-state index contributed by atoms with van der Waals surface area (Å²) >= 11 is 0. The molecule has 2 aromatic rings. The van der Waals surface area contributed by atoms with E-state index in [1.165, 1.54) is 0 Å². The number of rotatable bonds is 7. The number of anilines is 2. The molecule has 0 fully saturated rings. The van der Waals surface area contributed by atoms with Crippen molar-refractivity contribution in [3.05, 3.63) is 36.0 Å². The zero-order valence-electron chi connectivity index (χ0n) is 16.9. The van der Waals surface area contributed by atoms with E-state index in [-0.39, 0.29) is 5.91 Å². The first-order chi connectivity index (χ1) is 13.6. The molecule has 2 heterocycles. The van der Waals surface area contributed by atoms with Crippen molar-refractivity contribution in [1.82, 2.24) is 4.98 Å². The SMILES string of the molecule is CCN1CCN(C(=O)CCc2cc(OC)c(OC)c(OC)c2)c2cccnc21. The van der Waals surface area contributed by atoms with Crippen molar-refractivity contribution in [2.45, 2.75) is 19.8 Å². The maximum Gasteiger partial charge on any atom is 0.227 e. The normalized spacial score (nSPS) is 13.1. The number of fused-ring (bicyclic) bond motifs is 1. The molecule has 0 unspecified atom stereocenters. The average Bonchev–Trinajstić information content (AvgIpc) is 2.75. The molecule has 1 aliphatic rings. The Hall–Kier alpha value is -2.96. The minimum atomic E-state index is 0.0822. The molecule has 1 aromatic heterocycles. The molecule has 1 aliphatic heterocycles. The number of likely N-dealkylation sites (N-methyl/N-ethyl adjacent to an activating group) is 1. The molecule has 0 N–H and O–H groups in total. The summed E-state index contributed by atoms with van der Waals surface area (Å²) in [5, 5.41) is 0. The molecule has 0 bridgehead atoms. The molecular formula is C21H27N3O4. The van der Waals surface area contributed by atoms with Crippen molar-refractivity contribution in [3.8, 4) is 17.2 Å². The van der Waals surface area contributed by atoms with Crippen LogP contribution in [0.25, 0.3) is 0 Å². The van der Waals surface area contributed by atoms with Gasteiger partial charge in [-0.3, -0.25) is 4.79 Å². The number of pyridine rings is 1. The number of hydrogen-bond acceptors (Lipinski definition) is 6. The van der Waals surface area contributed by atoms with Crippen molar-refractivity contribution < 1.29 is 19.0 Å². The second-order valence-corrected chi connectivity index (χ2v) is 6.50. The van der Waals surface area contributed by atoms with E-state index in [1.54, 1.807) is 27.5 Å². The minimum Gasteiger partial charge on any atom is -0.493 e. The second-order valence-electron chi connectivity index (χ2n) is 6.50. The van der Waals surface area contributed by atoms with Gasteiger partial charge in [-0.15, -0.1) is 0 Å². The monoisotopic (exact) mass is 385 g/mol. The first-order valence-electron chi connectivity index (χ1n) is 9.42. The van der Waals surface area contributed by atoms with E-state index < -0.39 is 0 Å². The summed E-state index contributed by atoms with van der Waals surface area (Å²) in [4.78, 5) is 21.5. The van der Waals surface area contributed by atoms with E-state index in [2.05, 4.69) is 16.8 Å². The fraction of sp³-hybridized carbons (Fsp3) is 0.429. The Labute approximate surface area is 165 Å². The first-order valence-corrected chi connectivity index (χ1v) is 9.42. The maximum absolute atomic E-state index is 13.0. The van der Waals surface area contributed by atoms with Crippen LogP contribution in [0.5, 0.6) is 17.2 Å². The summed E-state index contributed by atoms with van der Waals surface area (Å²) in [6, 6.07) is 7.61. The van der Waals surface area contributed by atoms with Gasteiger partial charge in [0.25, 0.3) is 0 Å². The molecule has 7 nitrogen and oxygen atoms in total. The topological polar surface area (TPSA) is 64.1 Å². The van der Waals surface area contributed by atoms with Gasteiger partial charge in [-0.1, -0.05) is 0 Å². The number of hydrogen-bond donors (Lipinski definition) is 0. The summed E-state index contributed by atoms with van der Waals surface area (Å²) in [6.07, 6.45) is 2.74. The van der Waals surface area contributed by atoms with E-state index in [0.717, 1.165) is 30.2 Å². The van der Waals surface area contributed by atoms with Gasteiger partial charge < -0.3 is 24.0 Å². The number of nitrogens with zero attached hydrogens (tertiary/aromatic N) is 3. The van der Waals surface area contributed by atoms with Crippen LogP contribution in [0, 0.1) is 0 Å². The lowest BCUT2D eigenvalue weighted by Crippen LogP contribution is -2.44. The fourth-order valence-corrected chi connectivity index (χ4v) is 3.52. The Balaban J connectivity index is 1.76. The van der Waals surface area contributed by atoms with Gasteiger partial charge in [0.15, 0.2) is 17.3 Å². The number of amides is 1. The Bertz CT molecular complexity index is 815. The summed E-state index contributed by atoms with van der Waals surface area (Å²) in [5.74, 6) is 2.69. The zero-order chi connectivity index (χ0) is 20.1. The van der Waals surface area contributed by atoms with Crippen LogP contribution in [0.15, 0.2) is 30.5 Å². The molecule has 0 spiro atoms. The van der Waals surface area contributed by atoms with Crippen LogP contribution >= 0.6 is 0 Å². The third-order valence-electron chi connectivity index (χ3n) is 4.98. The van der Waals surface area contributed by atoms with Crippen LogP contribution in [-0.2, 0) is 11.2 Å². The molecule has 28 heavy (non-hydrogen) atoms. The molecule has 3 rings (SSSR count). The Morgan fingerprint density at radius 1 is 1.11 bits per heavy atom. The zero-order valence-corrected chi connectivity index (χ0v) is 16.9. The van der Waals surface area contributed by atoms with Crippen molar-refractivity contribution in [1.29, 1.82) is 0 Å². The lowest BCUT2D eigenvalue weighted by Gasteiger charge is -2.36. The molecular weight excluding hydrogens is 358 g/mol. The van der Waals surface area contributed by atoms with Crippen LogP contribution in [-0.4, -0.2) is 51.9 Å². The van der Waals surface area contributed by atoms with Gasteiger partial charge in [0.1, 0.15) is 0 Å². The highest BCUT2D eigenvalue weighted by atomic mass is 16.5. The molecule has 0 aliphatic carbocycles. The Morgan fingerprint density at radius 2 is 1.82 bits per heavy atom. The van der Waals surface area contributed by atoms with E-state index in [9.17, 15) is 4.79 Å². The highest BCUT2D eigenvalue weighted by Gasteiger charge is 2.26. The Morgan fingerprint density at radius 3 is 2.43 bits per heavy atom. The summed E-state index contributed by atoms with van der Waals surface area (Å²) in [5.41, 5.74) is 1.84. The highest BCUT2D eigenvalue weighted by Crippen LogP contribution is 2.38.